The van der Waals surface area contributed by atoms with Crippen LogP contribution in [0, 0.1) is 0 Å². The van der Waals surface area contributed by atoms with E-state index in [1.807, 2.05) is 0 Å². The van der Waals surface area contributed by atoms with Crippen LogP contribution in [0.2, 0.25) is 0 Å². The summed E-state index contributed by atoms with van der Waals surface area (Å²) in [7, 11) is 0. The number of nitrogens with two attached hydrogens (primary N) is 1. The Bertz CT molecular complexity index is 362. The van der Waals surface area contributed by atoms with E-state index in [4.69, 9.17) is 10.3 Å². The first-order chi connectivity index (χ1) is 7.54. The highest BCUT2D eigenvalue weighted by atomic mass is 16.5. The summed E-state index contributed by atoms with van der Waals surface area (Å²) in [6, 6.07) is 0. The van der Waals surface area contributed by atoms with Crippen LogP contribution in [0.3, 0.4) is 0 Å². The molecule has 1 aliphatic rings. The maximum absolute atomic E-state index is 5.90. The van der Waals surface area contributed by atoms with E-state index in [9.17, 15) is 0 Å². The first-order valence-electron chi connectivity index (χ1n) is 6.30. The van der Waals surface area contributed by atoms with E-state index in [0.29, 0.717) is 11.7 Å². The molecule has 1 heterocycles. The predicted molar refractivity (Wildman–Crippen MR) is 65.4 cm³/mol. The molecule has 3 nitrogen and oxygen atoms in total. The lowest BCUT2D eigenvalue weighted by molar-refractivity contribution is 0.238. The summed E-state index contributed by atoms with van der Waals surface area (Å²) in [5, 5.41) is 3.96. The number of aromatic nitrogens is 1. The van der Waals surface area contributed by atoms with Crippen molar-refractivity contribution in [3.63, 3.8) is 0 Å². The number of rotatable bonds is 2. The second-order valence-electron chi connectivity index (χ2n) is 5.59. The molecule has 1 saturated carbocycles. The van der Waals surface area contributed by atoms with Gasteiger partial charge in [-0.3, -0.25) is 0 Å². The molecular formula is C13H22N2O. The number of nitrogens with zero attached hydrogens (tertiary/aromatic N) is 1. The third-order valence-electron chi connectivity index (χ3n) is 3.84. The van der Waals surface area contributed by atoms with Crippen LogP contribution in [0.5, 0.6) is 0 Å². The van der Waals surface area contributed by atoms with E-state index >= 15 is 0 Å². The van der Waals surface area contributed by atoms with Gasteiger partial charge in [-0.25, -0.2) is 0 Å². The van der Waals surface area contributed by atoms with Crippen molar-refractivity contribution in [1.82, 2.24) is 5.16 Å². The molecule has 1 aromatic heterocycles. The molecule has 0 unspecified atom stereocenters. The average molecular weight is 222 g/mol. The first kappa shape index (κ1) is 11.5. The zero-order chi connectivity index (χ0) is 11.8. The van der Waals surface area contributed by atoms with Crippen LogP contribution in [0.4, 0.5) is 5.82 Å². The van der Waals surface area contributed by atoms with Crippen molar-refractivity contribution < 1.29 is 4.52 Å². The Kier molecular flexibility index (Phi) is 2.96. The molecule has 0 bridgehead atoms. The smallest absolute Gasteiger partial charge is 0.170 e. The topological polar surface area (TPSA) is 52.0 Å². The van der Waals surface area contributed by atoms with Gasteiger partial charge in [0.05, 0.1) is 0 Å². The summed E-state index contributed by atoms with van der Waals surface area (Å²) in [5.41, 5.74) is 7.19. The van der Waals surface area contributed by atoms with E-state index in [-0.39, 0.29) is 5.41 Å². The Morgan fingerprint density at radius 1 is 1.25 bits per heavy atom. The first-order valence-corrected chi connectivity index (χ1v) is 6.30. The molecule has 0 atom stereocenters. The van der Waals surface area contributed by atoms with Crippen LogP contribution in [-0.4, -0.2) is 5.16 Å². The molecule has 1 fully saturated rings. The summed E-state index contributed by atoms with van der Waals surface area (Å²) >= 11 is 0. The maximum atomic E-state index is 5.90. The van der Waals surface area contributed by atoms with Crippen molar-refractivity contribution >= 4 is 5.82 Å². The maximum Gasteiger partial charge on any atom is 0.170 e. The Balaban J connectivity index is 2.38. The summed E-state index contributed by atoms with van der Waals surface area (Å²) in [5.74, 6) is 2.01. The van der Waals surface area contributed by atoms with E-state index in [2.05, 4.69) is 25.9 Å². The highest BCUT2D eigenvalue weighted by Gasteiger charge is 2.36. The van der Waals surface area contributed by atoms with Crippen molar-refractivity contribution in [1.29, 1.82) is 0 Å². The molecule has 3 heteroatoms. The third-order valence-corrected chi connectivity index (χ3v) is 3.84. The molecule has 0 radical (unpaired) electrons. The second-order valence-corrected chi connectivity index (χ2v) is 5.59. The Morgan fingerprint density at radius 3 is 2.44 bits per heavy atom. The number of hydrogen-bond donors (Lipinski definition) is 1. The number of hydrogen-bond acceptors (Lipinski definition) is 3. The fourth-order valence-corrected chi connectivity index (χ4v) is 2.86. The van der Waals surface area contributed by atoms with Crippen molar-refractivity contribution in [2.75, 3.05) is 5.73 Å². The Morgan fingerprint density at radius 2 is 1.88 bits per heavy atom. The quantitative estimate of drug-likeness (QED) is 0.831. The molecule has 0 spiro atoms. The molecule has 0 aromatic carbocycles. The normalized spacial score (nSPS) is 20.2. The predicted octanol–water partition coefficient (Wildman–Crippen LogP) is 3.60. The average Bonchev–Trinajstić information content (AvgIpc) is 2.62. The van der Waals surface area contributed by atoms with Gasteiger partial charge in [0.15, 0.2) is 5.82 Å². The minimum absolute atomic E-state index is 0.155. The van der Waals surface area contributed by atoms with Crippen LogP contribution in [0.15, 0.2) is 4.52 Å². The highest BCUT2D eigenvalue weighted by Crippen LogP contribution is 2.43. The molecule has 2 N–H and O–H groups in total. The molecule has 0 amide bonds. The van der Waals surface area contributed by atoms with Crippen molar-refractivity contribution in [2.24, 2.45) is 0 Å². The van der Waals surface area contributed by atoms with E-state index in [0.717, 1.165) is 11.3 Å². The summed E-state index contributed by atoms with van der Waals surface area (Å²) in [4.78, 5) is 0. The fraction of sp³-hybridized carbons (Fsp3) is 0.769. The second kappa shape index (κ2) is 4.11. The Hall–Kier alpha value is -0.990. The lowest BCUT2D eigenvalue weighted by Gasteiger charge is -2.32. The lowest BCUT2D eigenvalue weighted by atomic mass is 9.72. The van der Waals surface area contributed by atoms with Gasteiger partial charge in [0.1, 0.15) is 5.76 Å². The number of anilines is 1. The molecule has 1 aliphatic carbocycles. The summed E-state index contributed by atoms with van der Waals surface area (Å²) < 4.78 is 5.52. The van der Waals surface area contributed by atoms with Crippen LogP contribution in [0.25, 0.3) is 0 Å². The molecule has 90 valence electrons. The third kappa shape index (κ3) is 1.83. The highest BCUT2D eigenvalue weighted by molar-refractivity contribution is 5.45. The van der Waals surface area contributed by atoms with Gasteiger partial charge in [0.2, 0.25) is 0 Å². The van der Waals surface area contributed by atoms with Gasteiger partial charge in [-0.15, -0.1) is 0 Å². The van der Waals surface area contributed by atoms with Gasteiger partial charge in [0, 0.05) is 11.0 Å². The largest absolute Gasteiger partial charge is 0.381 e. The lowest BCUT2D eigenvalue weighted by Crippen LogP contribution is -2.26. The Labute approximate surface area is 97.4 Å². The summed E-state index contributed by atoms with van der Waals surface area (Å²) in [6.07, 6.45) is 6.31. The SMILES string of the molecule is CC(C)c1c(N)noc1C1(C)CCCCC1. The minimum Gasteiger partial charge on any atom is -0.381 e. The minimum atomic E-state index is 0.155. The van der Waals surface area contributed by atoms with E-state index in [1.54, 1.807) is 0 Å². The van der Waals surface area contributed by atoms with Crippen molar-refractivity contribution in [3.8, 4) is 0 Å². The molecule has 2 rings (SSSR count). The van der Waals surface area contributed by atoms with Crippen molar-refractivity contribution in [2.45, 2.75) is 64.2 Å². The molecular weight excluding hydrogens is 200 g/mol. The molecule has 0 aliphatic heterocycles. The summed E-state index contributed by atoms with van der Waals surface area (Å²) in [6.45, 7) is 6.59. The van der Waals surface area contributed by atoms with Gasteiger partial charge < -0.3 is 10.3 Å². The molecule has 16 heavy (non-hydrogen) atoms. The van der Waals surface area contributed by atoms with Crippen molar-refractivity contribution in [3.05, 3.63) is 11.3 Å². The monoisotopic (exact) mass is 222 g/mol. The van der Waals surface area contributed by atoms with Gasteiger partial charge in [0.25, 0.3) is 0 Å². The fourth-order valence-electron chi connectivity index (χ4n) is 2.86. The van der Waals surface area contributed by atoms with Gasteiger partial charge in [-0.2, -0.15) is 0 Å². The van der Waals surface area contributed by atoms with Crippen LogP contribution >= 0.6 is 0 Å². The van der Waals surface area contributed by atoms with Gasteiger partial charge in [-0.05, 0) is 18.8 Å². The number of nitrogen functional groups attached to an aromatic ring is 1. The standard InChI is InChI=1S/C13H22N2O/c1-9(2)10-11(16-15-12(10)14)13(3)7-5-4-6-8-13/h9H,4-8H2,1-3H3,(H2,14,15). The van der Waals surface area contributed by atoms with Gasteiger partial charge in [-0.1, -0.05) is 45.2 Å². The molecule has 1 aromatic rings. The van der Waals surface area contributed by atoms with E-state index in [1.165, 1.54) is 32.1 Å². The zero-order valence-electron chi connectivity index (χ0n) is 10.5. The zero-order valence-corrected chi connectivity index (χ0v) is 10.5. The van der Waals surface area contributed by atoms with Crippen LogP contribution in [-0.2, 0) is 5.41 Å². The van der Waals surface area contributed by atoms with Gasteiger partial charge >= 0.3 is 0 Å². The van der Waals surface area contributed by atoms with Crippen LogP contribution < -0.4 is 5.73 Å². The molecule has 0 saturated heterocycles. The van der Waals surface area contributed by atoms with Crippen LogP contribution in [0.1, 0.15) is 70.1 Å². The van der Waals surface area contributed by atoms with E-state index < -0.39 is 0 Å².